The van der Waals surface area contributed by atoms with Gasteiger partial charge in [-0.15, -0.1) is 24.0 Å². The number of halogens is 1. The number of hydrogen-bond acceptors (Lipinski definition) is 3. The molecule has 2 N–H and O–H groups in total. The third kappa shape index (κ3) is 5.67. The molecule has 19 heavy (non-hydrogen) atoms. The normalized spacial score (nSPS) is 26.1. The summed E-state index contributed by atoms with van der Waals surface area (Å²) in [5.74, 6) is 3.11. The van der Waals surface area contributed by atoms with Crippen LogP contribution in [0.3, 0.4) is 0 Å². The van der Waals surface area contributed by atoms with Crippen molar-refractivity contribution in [2.24, 2.45) is 10.7 Å². The summed E-state index contributed by atoms with van der Waals surface area (Å²) < 4.78 is 0. The van der Waals surface area contributed by atoms with Crippen molar-refractivity contribution >= 4 is 41.7 Å². The van der Waals surface area contributed by atoms with Gasteiger partial charge in [0.15, 0.2) is 5.96 Å². The maximum Gasteiger partial charge on any atom is 0.191 e. The Balaban J connectivity index is 0.00000180. The second-order valence-corrected chi connectivity index (χ2v) is 6.44. The molecule has 2 heterocycles. The molecule has 2 aliphatic rings. The van der Waals surface area contributed by atoms with Gasteiger partial charge in [-0.2, -0.15) is 11.8 Å². The molecule has 0 aromatic heterocycles. The molecule has 6 heteroatoms. The van der Waals surface area contributed by atoms with Crippen molar-refractivity contribution in [2.45, 2.75) is 32.2 Å². The molecule has 0 saturated carbocycles. The number of aliphatic imine (C=N–C) groups is 1. The average molecular weight is 398 g/mol. The van der Waals surface area contributed by atoms with E-state index in [9.17, 15) is 0 Å². The van der Waals surface area contributed by atoms with Crippen LogP contribution in [0.1, 0.15) is 26.2 Å². The van der Waals surface area contributed by atoms with E-state index in [0.717, 1.165) is 38.2 Å². The quantitative estimate of drug-likeness (QED) is 0.448. The first-order valence-corrected chi connectivity index (χ1v) is 8.29. The first kappa shape index (κ1) is 17.4. The van der Waals surface area contributed by atoms with Crippen molar-refractivity contribution < 1.29 is 0 Å². The zero-order chi connectivity index (χ0) is 12.8. The number of nitrogens with zero attached hydrogens (tertiary/aromatic N) is 3. The SMILES string of the molecule is CC1CCCCN1CCN=C(N)N1CCSCC1.I. The lowest BCUT2D eigenvalue weighted by Gasteiger charge is -2.33. The molecule has 4 nitrogen and oxygen atoms in total. The number of hydrogen-bond donors (Lipinski definition) is 1. The van der Waals surface area contributed by atoms with E-state index in [1.54, 1.807) is 0 Å². The maximum atomic E-state index is 6.05. The van der Waals surface area contributed by atoms with Gasteiger partial charge in [0, 0.05) is 37.2 Å². The summed E-state index contributed by atoms with van der Waals surface area (Å²) in [7, 11) is 0. The highest BCUT2D eigenvalue weighted by Crippen LogP contribution is 2.15. The molecular formula is C13H27IN4S. The van der Waals surface area contributed by atoms with E-state index in [1.807, 2.05) is 11.8 Å². The predicted octanol–water partition coefficient (Wildman–Crippen LogP) is 1.84. The van der Waals surface area contributed by atoms with Gasteiger partial charge in [-0.05, 0) is 26.3 Å². The van der Waals surface area contributed by atoms with Gasteiger partial charge in [0.1, 0.15) is 0 Å². The third-order valence-corrected chi connectivity index (χ3v) is 4.88. The van der Waals surface area contributed by atoms with Gasteiger partial charge < -0.3 is 10.6 Å². The van der Waals surface area contributed by atoms with Crippen molar-refractivity contribution in [3.8, 4) is 0 Å². The van der Waals surface area contributed by atoms with Crippen LogP contribution >= 0.6 is 35.7 Å². The zero-order valence-corrected chi connectivity index (χ0v) is 15.0. The van der Waals surface area contributed by atoms with Gasteiger partial charge in [0.25, 0.3) is 0 Å². The van der Waals surface area contributed by atoms with E-state index in [4.69, 9.17) is 5.73 Å². The van der Waals surface area contributed by atoms with Crippen LogP contribution in [0.4, 0.5) is 0 Å². The van der Waals surface area contributed by atoms with Crippen LogP contribution in [0, 0.1) is 0 Å². The van der Waals surface area contributed by atoms with Crippen LogP contribution in [-0.4, -0.2) is 66.0 Å². The fourth-order valence-corrected chi connectivity index (χ4v) is 3.58. The predicted molar refractivity (Wildman–Crippen MR) is 95.7 cm³/mol. The first-order valence-electron chi connectivity index (χ1n) is 7.14. The monoisotopic (exact) mass is 398 g/mol. The van der Waals surface area contributed by atoms with Gasteiger partial charge in [-0.1, -0.05) is 6.42 Å². The fourth-order valence-electron chi connectivity index (χ4n) is 2.68. The van der Waals surface area contributed by atoms with Gasteiger partial charge in [-0.3, -0.25) is 9.89 Å². The second-order valence-electron chi connectivity index (χ2n) is 5.22. The molecule has 2 aliphatic heterocycles. The van der Waals surface area contributed by atoms with E-state index >= 15 is 0 Å². The highest BCUT2D eigenvalue weighted by molar-refractivity contribution is 14.0. The molecule has 2 saturated heterocycles. The summed E-state index contributed by atoms with van der Waals surface area (Å²) in [6.07, 6.45) is 4.06. The van der Waals surface area contributed by atoms with E-state index in [2.05, 4.69) is 21.7 Å². The Morgan fingerprint density at radius 2 is 2.00 bits per heavy atom. The van der Waals surface area contributed by atoms with Gasteiger partial charge in [0.05, 0.1) is 6.54 Å². The van der Waals surface area contributed by atoms with Crippen molar-refractivity contribution in [1.82, 2.24) is 9.80 Å². The average Bonchev–Trinajstić information content (AvgIpc) is 2.42. The van der Waals surface area contributed by atoms with Gasteiger partial charge >= 0.3 is 0 Å². The molecule has 1 unspecified atom stereocenters. The molecule has 0 bridgehead atoms. The molecule has 0 radical (unpaired) electrons. The maximum absolute atomic E-state index is 6.05. The molecule has 1 atom stereocenters. The Morgan fingerprint density at radius 1 is 1.26 bits per heavy atom. The standard InChI is InChI=1S/C13H26N4S.HI/c1-12-4-2-3-6-16(12)7-5-15-13(14)17-8-10-18-11-9-17;/h12H,2-11H2,1H3,(H2,14,15);1H. The number of rotatable bonds is 3. The Labute approximate surface area is 138 Å². The topological polar surface area (TPSA) is 44.9 Å². The van der Waals surface area contributed by atoms with Gasteiger partial charge in [-0.25, -0.2) is 0 Å². The first-order chi connectivity index (χ1) is 8.77. The molecule has 0 aliphatic carbocycles. The third-order valence-electron chi connectivity index (χ3n) is 3.94. The van der Waals surface area contributed by atoms with E-state index < -0.39 is 0 Å². The van der Waals surface area contributed by atoms with Crippen LogP contribution in [0.5, 0.6) is 0 Å². The molecule has 0 aromatic carbocycles. The Bertz CT molecular complexity index is 282. The van der Waals surface area contributed by atoms with Crippen molar-refractivity contribution in [1.29, 1.82) is 0 Å². The summed E-state index contributed by atoms with van der Waals surface area (Å²) in [6, 6.07) is 0.724. The summed E-state index contributed by atoms with van der Waals surface area (Å²) in [6.45, 7) is 7.58. The number of guanidine groups is 1. The molecular weight excluding hydrogens is 371 g/mol. The minimum Gasteiger partial charge on any atom is -0.370 e. The minimum absolute atomic E-state index is 0. The molecule has 0 spiro atoms. The Morgan fingerprint density at radius 3 is 2.68 bits per heavy atom. The molecule has 2 fully saturated rings. The van der Waals surface area contributed by atoms with Crippen molar-refractivity contribution in [2.75, 3.05) is 44.2 Å². The summed E-state index contributed by atoms with van der Waals surface area (Å²) in [5.41, 5.74) is 6.05. The highest BCUT2D eigenvalue weighted by atomic mass is 127. The fraction of sp³-hybridized carbons (Fsp3) is 0.923. The van der Waals surface area contributed by atoms with Crippen LogP contribution in [0.25, 0.3) is 0 Å². The summed E-state index contributed by atoms with van der Waals surface area (Å²) in [4.78, 5) is 9.31. The van der Waals surface area contributed by atoms with E-state index in [0.29, 0.717) is 0 Å². The van der Waals surface area contributed by atoms with Crippen molar-refractivity contribution in [3.05, 3.63) is 0 Å². The number of likely N-dealkylation sites (tertiary alicyclic amines) is 1. The van der Waals surface area contributed by atoms with Gasteiger partial charge in [0.2, 0.25) is 0 Å². The number of thioether (sulfide) groups is 1. The number of nitrogens with two attached hydrogens (primary N) is 1. The number of piperidine rings is 1. The summed E-state index contributed by atoms with van der Waals surface area (Å²) >= 11 is 2.00. The van der Waals surface area contributed by atoms with Crippen LogP contribution in [0.15, 0.2) is 4.99 Å². The minimum atomic E-state index is 0. The van der Waals surface area contributed by atoms with Crippen LogP contribution in [-0.2, 0) is 0 Å². The van der Waals surface area contributed by atoms with E-state index in [1.165, 1.54) is 37.3 Å². The van der Waals surface area contributed by atoms with Crippen LogP contribution < -0.4 is 5.73 Å². The Hall–Kier alpha value is 0.310. The molecule has 0 amide bonds. The largest absolute Gasteiger partial charge is 0.370 e. The highest BCUT2D eigenvalue weighted by Gasteiger charge is 2.17. The van der Waals surface area contributed by atoms with Crippen molar-refractivity contribution in [3.63, 3.8) is 0 Å². The lowest BCUT2D eigenvalue weighted by molar-refractivity contribution is 0.165. The summed E-state index contributed by atoms with van der Waals surface area (Å²) in [5, 5.41) is 0. The Kier molecular flexibility index (Phi) is 8.48. The lowest BCUT2D eigenvalue weighted by atomic mass is 10.0. The lowest BCUT2D eigenvalue weighted by Crippen LogP contribution is -2.43. The zero-order valence-electron chi connectivity index (χ0n) is 11.9. The smallest absolute Gasteiger partial charge is 0.191 e. The van der Waals surface area contributed by atoms with Crippen LogP contribution in [0.2, 0.25) is 0 Å². The molecule has 2 rings (SSSR count). The van der Waals surface area contributed by atoms with E-state index in [-0.39, 0.29) is 24.0 Å². The molecule has 112 valence electrons. The second kappa shape index (κ2) is 9.28. The molecule has 0 aromatic rings.